The van der Waals surface area contributed by atoms with Crippen LogP contribution >= 0.6 is 0 Å². The Morgan fingerprint density at radius 1 is 1.04 bits per heavy atom. The van der Waals surface area contributed by atoms with Crippen LogP contribution < -0.4 is 19.9 Å². The van der Waals surface area contributed by atoms with Crippen molar-refractivity contribution in [2.24, 2.45) is 0 Å². The van der Waals surface area contributed by atoms with Crippen LogP contribution in [0.15, 0.2) is 24.7 Å². The van der Waals surface area contributed by atoms with Crippen LogP contribution in [0.25, 0.3) is 10.9 Å². The van der Waals surface area contributed by atoms with Crippen molar-refractivity contribution in [1.29, 1.82) is 0 Å². The van der Waals surface area contributed by atoms with Crippen LogP contribution in [0, 0.1) is 0 Å². The molecule has 0 atom stereocenters. The molecule has 3 rings (SSSR count). The lowest BCUT2D eigenvalue weighted by atomic mass is 10.1. The van der Waals surface area contributed by atoms with Gasteiger partial charge in [-0.1, -0.05) is 6.92 Å². The Kier molecular flexibility index (Phi) is 6.20. The Morgan fingerprint density at radius 3 is 2.36 bits per heavy atom. The Bertz CT molecular complexity index is 930. The fourth-order valence-electron chi connectivity index (χ4n) is 3.17. The summed E-state index contributed by atoms with van der Waals surface area (Å²) in [5, 5.41) is 0.810. The summed E-state index contributed by atoms with van der Waals surface area (Å²) in [4.78, 5) is 8.52. The van der Waals surface area contributed by atoms with Crippen molar-refractivity contribution >= 4 is 16.7 Å². The number of hydrogen-bond acceptors (Lipinski definition) is 7. The number of fused-ring (bicyclic) bond motifs is 1. The second-order valence-electron chi connectivity index (χ2n) is 6.31. The molecule has 0 spiro atoms. The van der Waals surface area contributed by atoms with E-state index in [9.17, 15) is 0 Å². The van der Waals surface area contributed by atoms with Crippen LogP contribution in [0.1, 0.15) is 24.6 Å². The van der Waals surface area contributed by atoms with Crippen molar-refractivity contribution in [2.45, 2.75) is 26.5 Å². The Morgan fingerprint density at radius 2 is 1.75 bits per heavy atom. The van der Waals surface area contributed by atoms with E-state index in [0.717, 1.165) is 28.6 Å². The largest absolute Gasteiger partial charge is 0.493 e. The molecule has 0 bridgehead atoms. The quantitative estimate of drug-likeness (QED) is 0.565. The van der Waals surface area contributed by atoms with Crippen molar-refractivity contribution in [1.82, 2.24) is 14.5 Å². The van der Waals surface area contributed by atoms with E-state index in [0.29, 0.717) is 42.8 Å². The Balaban J connectivity index is 2.04. The van der Waals surface area contributed by atoms with E-state index in [1.54, 1.807) is 21.3 Å². The molecule has 1 aromatic carbocycles. The summed E-state index contributed by atoms with van der Waals surface area (Å²) in [5.74, 6) is 2.23. The molecule has 0 aliphatic heterocycles. The van der Waals surface area contributed by atoms with E-state index in [1.807, 2.05) is 18.3 Å². The molecule has 2 aromatic heterocycles. The summed E-state index contributed by atoms with van der Waals surface area (Å²) < 4.78 is 24.2. The van der Waals surface area contributed by atoms with Gasteiger partial charge in [-0.15, -0.1) is 0 Å². The van der Waals surface area contributed by atoms with Gasteiger partial charge in [-0.2, -0.15) is 0 Å². The Hall–Kier alpha value is -3.00. The zero-order valence-electron chi connectivity index (χ0n) is 16.7. The van der Waals surface area contributed by atoms with Crippen molar-refractivity contribution in [3.05, 3.63) is 35.9 Å². The minimum absolute atomic E-state index is 0.443. The molecular formula is C20H26N4O4. The number of nitrogens with two attached hydrogens (primary N) is 1. The summed E-state index contributed by atoms with van der Waals surface area (Å²) >= 11 is 0. The predicted molar refractivity (Wildman–Crippen MR) is 107 cm³/mol. The molecular weight excluding hydrogens is 360 g/mol. The number of benzene rings is 1. The first kappa shape index (κ1) is 19.8. The van der Waals surface area contributed by atoms with Crippen LogP contribution in [0.5, 0.6) is 17.2 Å². The summed E-state index contributed by atoms with van der Waals surface area (Å²) in [6.07, 6.45) is 4.38. The fourth-order valence-corrected chi connectivity index (χ4v) is 3.17. The molecule has 2 heterocycles. The fraction of sp³-hybridized carbons (Fsp3) is 0.400. The molecule has 0 aliphatic rings. The zero-order chi connectivity index (χ0) is 20.1. The van der Waals surface area contributed by atoms with E-state index < -0.39 is 0 Å². The summed E-state index contributed by atoms with van der Waals surface area (Å²) in [5.41, 5.74) is 8.79. The molecule has 8 nitrogen and oxygen atoms in total. The highest BCUT2D eigenvalue weighted by atomic mass is 16.5. The second-order valence-corrected chi connectivity index (χ2v) is 6.31. The number of rotatable bonds is 9. The molecule has 8 heteroatoms. The van der Waals surface area contributed by atoms with Gasteiger partial charge >= 0.3 is 0 Å². The van der Waals surface area contributed by atoms with E-state index in [4.69, 9.17) is 24.7 Å². The lowest BCUT2D eigenvalue weighted by Gasteiger charge is -2.15. The van der Waals surface area contributed by atoms with Gasteiger partial charge in [0.1, 0.15) is 12.1 Å². The zero-order valence-corrected chi connectivity index (χ0v) is 16.7. The topological polar surface area (TPSA) is 93.7 Å². The molecule has 28 heavy (non-hydrogen) atoms. The number of nitrogen functional groups attached to an aromatic ring is 1. The Labute approximate surface area is 164 Å². The average Bonchev–Trinajstić information content (AvgIpc) is 3.06. The van der Waals surface area contributed by atoms with Gasteiger partial charge in [-0.25, -0.2) is 9.97 Å². The number of hydrogen-bond donors (Lipinski definition) is 1. The van der Waals surface area contributed by atoms with E-state index in [-0.39, 0.29) is 0 Å². The molecule has 0 amide bonds. The van der Waals surface area contributed by atoms with Gasteiger partial charge in [0.25, 0.3) is 0 Å². The van der Waals surface area contributed by atoms with Crippen molar-refractivity contribution in [3.63, 3.8) is 0 Å². The van der Waals surface area contributed by atoms with Gasteiger partial charge < -0.3 is 29.2 Å². The summed E-state index contributed by atoms with van der Waals surface area (Å²) in [6, 6.07) is 3.86. The summed E-state index contributed by atoms with van der Waals surface area (Å²) in [6.45, 7) is 3.76. The van der Waals surface area contributed by atoms with Crippen LogP contribution in [0.4, 0.5) is 5.82 Å². The van der Waals surface area contributed by atoms with Crippen LogP contribution in [-0.2, 0) is 17.9 Å². The maximum atomic E-state index is 6.05. The number of ether oxygens (including phenoxy) is 4. The highest BCUT2D eigenvalue weighted by Crippen LogP contribution is 2.38. The molecule has 2 N–H and O–H groups in total. The van der Waals surface area contributed by atoms with Gasteiger partial charge in [0.05, 0.1) is 44.5 Å². The number of methoxy groups -OCH3 is 3. The van der Waals surface area contributed by atoms with Crippen LogP contribution in [0.2, 0.25) is 0 Å². The lowest BCUT2D eigenvalue weighted by molar-refractivity contribution is 0.117. The van der Waals surface area contributed by atoms with Crippen molar-refractivity contribution in [2.75, 3.05) is 33.7 Å². The SMILES string of the molecule is CCCOCc1c2ncnc(N)c2cn1Cc1cc(OC)c(OC)c(OC)c1. The molecule has 0 radical (unpaired) electrons. The number of anilines is 1. The molecule has 0 saturated carbocycles. The summed E-state index contributed by atoms with van der Waals surface area (Å²) in [7, 11) is 4.79. The molecule has 0 saturated heterocycles. The first-order chi connectivity index (χ1) is 13.6. The predicted octanol–water partition coefficient (Wildman–Crippen LogP) is 3.01. The second kappa shape index (κ2) is 8.79. The van der Waals surface area contributed by atoms with Crippen LogP contribution in [-0.4, -0.2) is 42.5 Å². The highest BCUT2D eigenvalue weighted by molar-refractivity contribution is 5.89. The first-order valence-electron chi connectivity index (χ1n) is 9.07. The minimum atomic E-state index is 0.443. The molecule has 0 fully saturated rings. The van der Waals surface area contributed by atoms with Gasteiger partial charge in [-0.3, -0.25) is 0 Å². The van der Waals surface area contributed by atoms with Gasteiger partial charge in [0, 0.05) is 19.3 Å². The maximum Gasteiger partial charge on any atom is 0.203 e. The molecule has 150 valence electrons. The monoisotopic (exact) mass is 386 g/mol. The van der Waals surface area contributed by atoms with E-state index in [1.165, 1.54) is 6.33 Å². The van der Waals surface area contributed by atoms with Gasteiger partial charge in [-0.05, 0) is 24.1 Å². The van der Waals surface area contributed by atoms with Gasteiger partial charge in [0.2, 0.25) is 5.75 Å². The van der Waals surface area contributed by atoms with E-state index in [2.05, 4.69) is 21.5 Å². The minimum Gasteiger partial charge on any atom is -0.493 e. The van der Waals surface area contributed by atoms with Gasteiger partial charge in [0.15, 0.2) is 11.5 Å². The number of aromatic nitrogens is 3. The third kappa shape index (κ3) is 3.82. The lowest BCUT2D eigenvalue weighted by Crippen LogP contribution is -2.07. The van der Waals surface area contributed by atoms with E-state index >= 15 is 0 Å². The highest BCUT2D eigenvalue weighted by Gasteiger charge is 2.17. The van der Waals surface area contributed by atoms with Crippen molar-refractivity contribution in [3.8, 4) is 17.2 Å². The standard InChI is InChI=1S/C20H26N4O4/c1-5-6-28-11-15-18-14(20(21)23-12-22-18)10-24(15)9-13-7-16(25-2)19(27-4)17(8-13)26-3/h7-8,10,12H,5-6,9,11H2,1-4H3,(H2,21,22,23). The maximum absolute atomic E-state index is 6.05. The third-order valence-corrected chi connectivity index (χ3v) is 4.48. The average molecular weight is 386 g/mol. The van der Waals surface area contributed by atoms with Crippen molar-refractivity contribution < 1.29 is 18.9 Å². The first-order valence-corrected chi connectivity index (χ1v) is 9.07. The molecule has 3 aromatic rings. The number of nitrogens with zero attached hydrogens (tertiary/aromatic N) is 3. The molecule has 0 aliphatic carbocycles. The normalized spacial score (nSPS) is 11.0. The molecule has 0 unspecified atom stereocenters. The third-order valence-electron chi connectivity index (χ3n) is 4.48. The van der Waals surface area contributed by atoms with Crippen LogP contribution in [0.3, 0.4) is 0 Å². The smallest absolute Gasteiger partial charge is 0.203 e.